The van der Waals surface area contributed by atoms with Crippen LogP contribution in [0.4, 0.5) is 11.4 Å². The quantitative estimate of drug-likeness (QED) is 0.304. The highest BCUT2D eigenvalue weighted by molar-refractivity contribution is 9.10. The molecule has 1 fully saturated rings. The van der Waals surface area contributed by atoms with Crippen LogP contribution in [0.1, 0.15) is 0 Å². The molecule has 0 saturated carbocycles. The Labute approximate surface area is 205 Å². The third kappa shape index (κ3) is 6.01. The Kier molecular flexibility index (Phi) is 8.02. The van der Waals surface area contributed by atoms with E-state index < -0.39 is 0 Å². The van der Waals surface area contributed by atoms with Gasteiger partial charge in [0.05, 0.1) is 22.8 Å². The first-order chi connectivity index (χ1) is 15.6. The van der Waals surface area contributed by atoms with E-state index in [1.807, 2.05) is 53.9 Å². The number of rotatable bonds is 8. The molecule has 1 saturated heterocycles. The van der Waals surface area contributed by atoms with E-state index in [0.29, 0.717) is 5.75 Å². The van der Waals surface area contributed by atoms with Gasteiger partial charge in [0.15, 0.2) is 4.34 Å². The van der Waals surface area contributed by atoms with Crippen LogP contribution in [0, 0.1) is 0 Å². The number of piperazine rings is 1. The molecule has 4 rings (SSSR count). The van der Waals surface area contributed by atoms with Gasteiger partial charge in [-0.15, -0.1) is 17.9 Å². The van der Waals surface area contributed by atoms with Gasteiger partial charge in [0.2, 0.25) is 5.91 Å². The highest BCUT2D eigenvalue weighted by Crippen LogP contribution is 2.30. The van der Waals surface area contributed by atoms with Crippen LogP contribution in [-0.2, 0) is 4.79 Å². The lowest BCUT2D eigenvalue weighted by atomic mass is 10.2. The number of aromatic nitrogens is 1. The van der Waals surface area contributed by atoms with E-state index in [2.05, 4.69) is 48.7 Å². The van der Waals surface area contributed by atoms with E-state index in [1.165, 1.54) is 11.8 Å². The number of halogens is 1. The number of thiazole rings is 1. The fraction of sp³-hybridized carbons (Fsp3) is 0.250. The normalized spacial score (nSPS) is 14.3. The zero-order valence-electron chi connectivity index (χ0n) is 17.7. The molecule has 1 aliphatic rings. The molecule has 2 aromatic carbocycles. The van der Waals surface area contributed by atoms with E-state index in [-0.39, 0.29) is 5.91 Å². The standard InChI is InChI=1S/C24H25BrN4OS2/c1-2-11-28-12-14-29(15-13-28)22-6-4-3-5-20(22)26-23(30)17-32-24-27-21(16-31-24)18-7-9-19(25)10-8-18/h2-10,16H,1,11-15,17H2,(H,26,30). The van der Waals surface area contributed by atoms with Crippen molar-refractivity contribution >= 4 is 56.3 Å². The van der Waals surface area contributed by atoms with Gasteiger partial charge in [-0.05, 0) is 24.3 Å². The van der Waals surface area contributed by atoms with Crippen molar-refractivity contribution in [3.8, 4) is 11.3 Å². The molecule has 32 heavy (non-hydrogen) atoms. The third-order valence-corrected chi connectivity index (χ3v) is 7.78. The number of hydrogen-bond acceptors (Lipinski definition) is 6. The van der Waals surface area contributed by atoms with Crippen molar-refractivity contribution in [1.29, 1.82) is 0 Å². The summed E-state index contributed by atoms with van der Waals surface area (Å²) in [6, 6.07) is 16.1. The van der Waals surface area contributed by atoms with E-state index in [9.17, 15) is 4.79 Å². The molecular weight excluding hydrogens is 504 g/mol. The van der Waals surface area contributed by atoms with Gasteiger partial charge in [-0.25, -0.2) is 4.98 Å². The fourth-order valence-electron chi connectivity index (χ4n) is 3.60. The second kappa shape index (κ2) is 11.1. The van der Waals surface area contributed by atoms with Gasteiger partial charge >= 0.3 is 0 Å². The topological polar surface area (TPSA) is 48.5 Å². The lowest BCUT2D eigenvalue weighted by Gasteiger charge is -2.36. The number of nitrogens with one attached hydrogen (secondary N) is 1. The summed E-state index contributed by atoms with van der Waals surface area (Å²) in [7, 11) is 0. The van der Waals surface area contributed by atoms with Crippen molar-refractivity contribution in [1.82, 2.24) is 9.88 Å². The summed E-state index contributed by atoms with van der Waals surface area (Å²) in [4.78, 5) is 22.1. The second-order valence-corrected chi connectivity index (χ2v) is 10.4. The number of nitrogens with zero attached hydrogens (tertiary/aromatic N) is 3. The molecule has 1 aromatic heterocycles. The van der Waals surface area contributed by atoms with Gasteiger partial charge in [0, 0.05) is 48.1 Å². The third-order valence-electron chi connectivity index (χ3n) is 5.23. The number of carbonyl (C=O) groups is 1. The van der Waals surface area contributed by atoms with Gasteiger partial charge in [0.1, 0.15) is 0 Å². The minimum absolute atomic E-state index is 0.0202. The highest BCUT2D eigenvalue weighted by atomic mass is 79.9. The fourth-order valence-corrected chi connectivity index (χ4v) is 5.50. The van der Waals surface area contributed by atoms with Gasteiger partial charge in [-0.2, -0.15) is 0 Å². The first-order valence-electron chi connectivity index (χ1n) is 10.4. The predicted molar refractivity (Wildman–Crippen MR) is 140 cm³/mol. The summed E-state index contributed by atoms with van der Waals surface area (Å²) >= 11 is 6.49. The predicted octanol–water partition coefficient (Wildman–Crippen LogP) is 5.61. The minimum atomic E-state index is -0.0202. The number of hydrogen-bond donors (Lipinski definition) is 1. The van der Waals surface area contributed by atoms with Crippen LogP contribution in [0.15, 0.2) is 75.4 Å². The Morgan fingerprint density at radius 2 is 1.91 bits per heavy atom. The molecule has 0 spiro atoms. The van der Waals surface area contributed by atoms with Crippen LogP contribution < -0.4 is 10.2 Å². The molecule has 0 unspecified atom stereocenters. The number of benzene rings is 2. The Morgan fingerprint density at radius 3 is 2.66 bits per heavy atom. The van der Waals surface area contributed by atoms with Crippen molar-refractivity contribution in [3.05, 3.63) is 71.0 Å². The number of carbonyl (C=O) groups excluding carboxylic acids is 1. The zero-order chi connectivity index (χ0) is 22.3. The SMILES string of the molecule is C=CCN1CCN(c2ccccc2NC(=O)CSc2nc(-c3ccc(Br)cc3)cs2)CC1. The summed E-state index contributed by atoms with van der Waals surface area (Å²) in [5, 5.41) is 5.13. The van der Waals surface area contributed by atoms with Crippen LogP contribution in [0.5, 0.6) is 0 Å². The van der Waals surface area contributed by atoms with E-state index in [0.717, 1.165) is 64.2 Å². The van der Waals surface area contributed by atoms with Crippen molar-refractivity contribution < 1.29 is 4.79 Å². The summed E-state index contributed by atoms with van der Waals surface area (Å²) in [6.45, 7) is 8.61. The average molecular weight is 530 g/mol. The Morgan fingerprint density at radius 1 is 1.16 bits per heavy atom. The van der Waals surface area contributed by atoms with Crippen LogP contribution in [0.2, 0.25) is 0 Å². The minimum Gasteiger partial charge on any atom is -0.367 e. The highest BCUT2D eigenvalue weighted by Gasteiger charge is 2.19. The first kappa shape index (κ1) is 23.0. The molecule has 1 aliphatic heterocycles. The molecule has 5 nitrogen and oxygen atoms in total. The molecule has 1 N–H and O–H groups in total. The molecule has 0 radical (unpaired) electrons. The van der Waals surface area contributed by atoms with Crippen molar-refractivity contribution in [2.24, 2.45) is 0 Å². The Balaban J connectivity index is 1.33. The number of thioether (sulfide) groups is 1. The smallest absolute Gasteiger partial charge is 0.234 e. The maximum Gasteiger partial charge on any atom is 0.234 e. The second-order valence-electron chi connectivity index (χ2n) is 7.44. The summed E-state index contributed by atoms with van der Waals surface area (Å²) in [6.07, 6.45) is 1.95. The van der Waals surface area contributed by atoms with Crippen LogP contribution in [0.25, 0.3) is 11.3 Å². The Hall–Kier alpha value is -2.13. The van der Waals surface area contributed by atoms with Crippen LogP contribution >= 0.6 is 39.0 Å². The molecule has 8 heteroatoms. The molecule has 166 valence electrons. The van der Waals surface area contributed by atoms with Gasteiger partial charge in [0.25, 0.3) is 0 Å². The van der Waals surface area contributed by atoms with Crippen LogP contribution in [-0.4, -0.2) is 54.3 Å². The van der Waals surface area contributed by atoms with Crippen molar-refractivity contribution in [2.75, 3.05) is 48.7 Å². The molecule has 2 heterocycles. The largest absolute Gasteiger partial charge is 0.367 e. The van der Waals surface area contributed by atoms with Crippen LogP contribution in [0.3, 0.4) is 0 Å². The lowest BCUT2D eigenvalue weighted by Crippen LogP contribution is -2.46. The van der Waals surface area contributed by atoms with E-state index >= 15 is 0 Å². The molecule has 1 amide bonds. The van der Waals surface area contributed by atoms with E-state index in [1.54, 1.807) is 11.3 Å². The molecule has 0 aliphatic carbocycles. The molecule has 0 atom stereocenters. The van der Waals surface area contributed by atoms with Gasteiger partial charge in [-0.1, -0.05) is 58.0 Å². The average Bonchev–Trinajstić information content (AvgIpc) is 3.29. The maximum absolute atomic E-state index is 12.7. The summed E-state index contributed by atoms with van der Waals surface area (Å²) < 4.78 is 1.94. The maximum atomic E-state index is 12.7. The van der Waals surface area contributed by atoms with Crippen molar-refractivity contribution in [2.45, 2.75) is 4.34 Å². The van der Waals surface area contributed by atoms with Crippen molar-refractivity contribution in [3.63, 3.8) is 0 Å². The number of anilines is 2. The number of para-hydroxylation sites is 2. The summed E-state index contributed by atoms with van der Waals surface area (Å²) in [5.41, 5.74) is 3.95. The van der Waals surface area contributed by atoms with Gasteiger partial charge in [-0.3, -0.25) is 9.69 Å². The van der Waals surface area contributed by atoms with Gasteiger partial charge < -0.3 is 10.2 Å². The monoisotopic (exact) mass is 528 g/mol. The lowest BCUT2D eigenvalue weighted by molar-refractivity contribution is -0.113. The van der Waals surface area contributed by atoms with E-state index in [4.69, 9.17) is 0 Å². The Bertz CT molecular complexity index is 1060. The first-order valence-corrected chi connectivity index (χ1v) is 13.1. The zero-order valence-corrected chi connectivity index (χ0v) is 20.9. The molecule has 3 aromatic rings. The number of amides is 1. The summed E-state index contributed by atoms with van der Waals surface area (Å²) in [5.74, 6) is 0.308. The molecule has 0 bridgehead atoms. The molecular formula is C24H25BrN4OS2.